The molecule has 1 amide bonds. The number of amides is 1. The molecule has 104 valence electrons. The molecule has 0 spiro atoms. The van der Waals surface area contributed by atoms with Gasteiger partial charge in [0.1, 0.15) is 5.82 Å². The molecule has 0 heterocycles. The van der Waals surface area contributed by atoms with Gasteiger partial charge < -0.3 is 11.1 Å². The molecule has 0 radical (unpaired) electrons. The van der Waals surface area contributed by atoms with Gasteiger partial charge in [-0.25, -0.2) is 4.39 Å². The molecule has 0 unspecified atom stereocenters. The van der Waals surface area contributed by atoms with Crippen LogP contribution in [0.2, 0.25) is 0 Å². The van der Waals surface area contributed by atoms with E-state index in [0.29, 0.717) is 5.69 Å². The van der Waals surface area contributed by atoms with Crippen LogP contribution in [0.25, 0.3) is 0 Å². The van der Waals surface area contributed by atoms with Crippen LogP contribution in [0, 0.1) is 5.82 Å². The van der Waals surface area contributed by atoms with Crippen molar-refractivity contribution in [3.8, 4) is 0 Å². The van der Waals surface area contributed by atoms with Gasteiger partial charge in [-0.1, -0.05) is 30.3 Å². The number of carbonyl (C=O) groups is 1. The number of benzene rings is 2. The van der Waals surface area contributed by atoms with Crippen LogP contribution in [0.5, 0.6) is 0 Å². The van der Waals surface area contributed by atoms with Gasteiger partial charge in [-0.05, 0) is 23.8 Å². The van der Waals surface area contributed by atoms with Crippen molar-refractivity contribution in [3.63, 3.8) is 0 Å². The van der Waals surface area contributed by atoms with Gasteiger partial charge in [-0.2, -0.15) is 0 Å². The molecule has 2 aromatic carbocycles. The molecule has 0 aliphatic carbocycles. The van der Waals surface area contributed by atoms with Crippen LogP contribution >= 0.6 is 11.8 Å². The summed E-state index contributed by atoms with van der Waals surface area (Å²) in [6, 6.07) is 14.0. The van der Waals surface area contributed by atoms with Crippen LogP contribution in [-0.4, -0.2) is 11.7 Å². The summed E-state index contributed by atoms with van der Waals surface area (Å²) in [6.45, 7) is 0. The lowest BCUT2D eigenvalue weighted by Gasteiger charge is -2.07. The van der Waals surface area contributed by atoms with Gasteiger partial charge in [0.15, 0.2) is 0 Å². The number of nitrogens with one attached hydrogen (secondary N) is 1. The first-order valence-corrected chi connectivity index (χ1v) is 7.27. The normalized spacial score (nSPS) is 10.2. The maximum absolute atomic E-state index is 13.4. The lowest BCUT2D eigenvalue weighted by Crippen LogP contribution is -2.15. The zero-order valence-electron chi connectivity index (χ0n) is 10.8. The number of anilines is 2. The van der Waals surface area contributed by atoms with Gasteiger partial charge >= 0.3 is 0 Å². The summed E-state index contributed by atoms with van der Waals surface area (Å²) < 4.78 is 13.4. The van der Waals surface area contributed by atoms with Gasteiger partial charge in [-0.15, -0.1) is 11.8 Å². The monoisotopic (exact) mass is 290 g/mol. The molecule has 2 rings (SSSR count). The molecule has 0 saturated carbocycles. The van der Waals surface area contributed by atoms with Gasteiger partial charge in [0.05, 0.1) is 11.4 Å². The third kappa shape index (κ3) is 4.28. The van der Waals surface area contributed by atoms with Crippen LogP contribution < -0.4 is 11.1 Å². The Morgan fingerprint density at radius 1 is 1.20 bits per heavy atom. The second-order valence-corrected chi connectivity index (χ2v) is 5.25. The molecule has 3 nitrogen and oxygen atoms in total. The van der Waals surface area contributed by atoms with Crippen LogP contribution in [0.4, 0.5) is 15.8 Å². The SMILES string of the molecule is Nc1ccc(F)c(NC(=O)CSCc2ccccc2)c1. The van der Waals surface area contributed by atoms with Crippen molar-refractivity contribution < 1.29 is 9.18 Å². The van der Waals surface area contributed by atoms with E-state index in [2.05, 4.69) is 5.32 Å². The summed E-state index contributed by atoms with van der Waals surface area (Å²) in [5, 5.41) is 2.52. The molecule has 0 atom stereocenters. The summed E-state index contributed by atoms with van der Waals surface area (Å²) in [5.74, 6) is 0.285. The lowest BCUT2D eigenvalue weighted by molar-refractivity contribution is -0.113. The summed E-state index contributed by atoms with van der Waals surface area (Å²) in [6.07, 6.45) is 0. The third-order valence-corrected chi connectivity index (χ3v) is 3.61. The van der Waals surface area contributed by atoms with Crippen molar-refractivity contribution in [2.45, 2.75) is 5.75 Å². The van der Waals surface area contributed by atoms with Crippen molar-refractivity contribution in [2.75, 3.05) is 16.8 Å². The number of rotatable bonds is 5. The predicted molar refractivity (Wildman–Crippen MR) is 82.0 cm³/mol. The molecule has 0 bridgehead atoms. The number of carbonyl (C=O) groups excluding carboxylic acids is 1. The Kier molecular flexibility index (Phi) is 5.01. The number of thioether (sulfide) groups is 1. The first kappa shape index (κ1) is 14.4. The van der Waals surface area contributed by atoms with Crippen molar-refractivity contribution in [3.05, 3.63) is 59.9 Å². The number of nitrogen functional groups attached to an aromatic ring is 1. The second kappa shape index (κ2) is 6.96. The Hall–Kier alpha value is -2.01. The van der Waals surface area contributed by atoms with Crippen LogP contribution in [0.1, 0.15) is 5.56 Å². The molecule has 5 heteroatoms. The molecule has 2 aromatic rings. The lowest BCUT2D eigenvalue weighted by atomic mass is 10.2. The Morgan fingerprint density at radius 2 is 1.95 bits per heavy atom. The number of halogens is 1. The van der Waals surface area contributed by atoms with Crippen molar-refractivity contribution in [2.24, 2.45) is 0 Å². The van der Waals surface area contributed by atoms with Crippen LogP contribution in [0.15, 0.2) is 48.5 Å². The van der Waals surface area contributed by atoms with Crippen molar-refractivity contribution >= 4 is 29.0 Å². The van der Waals surface area contributed by atoms with Gasteiger partial charge in [0.2, 0.25) is 5.91 Å². The van der Waals surface area contributed by atoms with E-state index in [-0.39, 0.29) is 17.3 Å². The maximum Gasteiger partial charge on any atom is 0.234 e. The molecule has 0 fully saturated rings. The first-order valence-electron chi connectivity index (χ1n) is 6.11. The van der Waals surface area contributed by atoms with E-state index in [9.17, 15) is 9.18 Å². The standard InChI is InChI=1S/C15H15FN2OS/c16-13-7-6-12(17)8-14(13)18-15(19)10-20-9-11-4-2-1-3-5-11/h1-8H,9-10,17H2,(H,18,19). The largest absolute Gasteiger partial charge is 0.399 e. The maximum atomic E-state index is 13.4. The molecule has 0 aromatic heterocycles. The molecule has 0 aliphatic rings. The highest BCUT2D eigenvalue weighted by atomic mass is 32.2. The van der Waals surface area contributed by atoms with Crippen LogP contribution in [-0.2, 0) is 10.5 Å². The Balaban J connectivity index is 1.82. The Labute approximate surface area is 121 Å². The summed E-state index contributed by atoms with van der Waals surface area (Å²) in [5.41, 5.74) is 7.25. The van der Waals surface area contributed by atoms with Crippen molar-refractivity contribution in [1.82, 2.24) is 0 Å². The van der Waals surface area contributed by atoms with Gasteiger partial charge in [0.25, 0.3) is 0 Å². The van der Waals surface area contributed by atoms with E-state index in [1.807, 2.05) is 30.3 Å². The fraction of sp³-hybridized carbons (Fsp3) is 0.133. The molecule has 0 saturated heterocycles. The van der Waals surface area contributed by atoms with E-state index >= 15 is 0 Å². The van der Waals surface area contributed by atoms with Crippen LogP contribution in [0.3, 0.4) is 0 Å². The fourth-order valence-electron chi connectivity index (χ4n) is 1.66. The fourth-order valence-corrected chi connectivity index (χ4v) is 2.45. The zero-order chi connectivity index (χ0) is 14.4. The predicted octanol–water partition coefficient (Wildman–Crippen LogP) is 3.28. The average Bonchev–Trinajstić information content (AvgIpc) is 2.44. The Morgan fingerprint density at radius 3 is 2.70 bits per heavy atom. The third-order valence-electron chi connectivity index (χ3n) is 2.61. The minimum absolute atomic E-state index is 0.121. The summed E-state index contributed by atoms with van der Waals surface area (Å²) >= 11 is 1.48. The quantitative estimate of drug-likeness (QED) is 0.831. The highest BCUT2D eigenvalue weighted by Gasteiger charge is 2.07. The van der Waals surface area contributed by atoms with E-state index in [1.165, 1.54) is 30.0 Å². The van der Waals surface area contributed by atoms with Gasteiger partial charge in [-0.3, -0.25) is 4.79 Å². The van der Waals surface area contributed by atoms with Crippen molar-refractivity contribution in [1.29, 1.82) is 0 Å². The van der Waals surface area contributed by atoms with Gasteiger partial charge in [0, 0.05) is 11.4 Å². The topological polar surface area (TPSA) is 55.1 Å². The smallest absolute Gasteiger partial charge is 0.234 e. The molecule has 3 N–H and O–H groups in total. The molecular formula is C15H15FN2OS. The van der Waals surface area contributed by atoms with E-state index < -0.39 is 5.82 Å². The second-order valence-electron chi connectivity index (χ2n) is 4.27. The minimum Gasteiger partial charge on any atom is -0.399 e. The summed E-state index contributed by atoms with van der Waals surface area (Å²) in [7, 11) is 0. The van der Waals surface area contributed by atoms with E-state index in [4.69, 9.17) is 5.73 Å². The van der Waals surface area contributed by atoms with E-state index in [1.54, 1.807) is 0 Å². The van der Waals surface area contributed by atoms with E-state index in [0.717, 1.165) is 11.3 Å². The first-order chi connectivity index (χ1) is 9.65. The minimum atomic E-state index is -0.486. The molecular weight excluding hydrogens is 275 g/mol. The number of hydrogen-bond acceptors (Lipinski definition) is 3. The molecule has 0 aliphatic heterocycles. The number of nitrogens with two attached hydrogens (primary N) is 1. The molecule has 20 heavy (non-hydrogen) atoms. The highest BCUT2D eigenvalue weighted by molar-refractivity contribution is 7.99. The Bertz CT molecular complexity index is 590. The summed E-state index contributed by atoms with van der Waals surface area (Å²) in [4.78, 5) is 11.7. The zero-order valence-corrected chi connectivity index (χ0v) is 11.6. The average molecular weight is 290 g/mol. The highest BCUT2D eigenvalue weighted by Crippen LogP contribution is 2.18. The number of hydrogen-bond donors (Lipinski definition) is 2.